The summed E-state index contributed by atoms with van der Waals surface area (Å²) in [5, 5.41) is 2.82. The lowest BCUT2D eigenvalue weighted by molar-refractivity contribution is -0.142. The van der Waals surface area contributed by atoms with Gasteiger partial charge in [0, 0.05) is 0 Å². The van der Waals surface area contributed by atoms with E-state index in [-0.39, 0.29) is 11.9 Å². The van der Waals surface area contributed by atoms with Gasteiger partial charge in [0.15, 0.2) is 0 Å². The highest BCUT2D eigenvalue weighted by Gasteiger charge is 2.12. The number of hydrogen-bond acceptors (Lipinski definition) is 3. The number of rotatable bonds is 1. The van der Waals surface area contributed by atoms with E-state index < -0.39 is 0 Å². The first kappa shape index (κ1) is 6.86. The Balaban J connectivity index is 2.55. The molecule has 0 aliphatic carbocycles. The molecule has 0 unspecified atom stereocenters. The Hall–Kier alpha value is -1.25. The predicted molar refractivity (Wildman–Crippen MR) is 36.9 cm³/mol. The van der Waals surface area contributed by atoms with E-state index >= 15 is 0 Å². The third-order valence-electron chi connectivity index (χ3n) is 1.27. The van der Waals surface area contributed by atoms with Crippen LogP contribution in [-0.4, -0.2) is 13.1 Å². The number of methoxy groups -OCH3 is 1. The number of hydrogen-bond donors (Lipinski definition) is 1. The van der Waals surface area contributed by atoms with Crippen molar-refractivity contribution in [1.82, 2.24) is 5.32 Å². The fourth-order valence-corrected chi connectivity index (χ4v) is 0.731. The normalized spacial score (nSPS) is 16.5. The molecule has 1 rings (SSSR count). The Morgan fingerprint density at radius 3 is 2.60 bits per heavy atom. The maximum Gasteiger partial charge on any atom is 0.316 e. The highest BCUT2D eigenvalue weighted by molar-refractivity contribution is 5.76. The summed E-state index contributed by atoms with van der Waals surface area (Å²) >= 11 is 0. The molecule has 54 valence electrons. The minimum atomic E-state index is -0.228. The van der Waals surface area contributed by atoms with Crippen LogP contribution in [0.5, 0.6) is 0 Å². The van der Waals surface area contributed by atoms with Crippen molar-refractivity contribution < 1.29 is 9.53 Å². The van der Waals surface area contributed by atoms with Crippen LogP contribution in [0.25, 0.3) is 0 Å². The van der Waals surface area contributed by atoms with Crippen molar-refractivity contribution in [3.63, 3.8) is 0 Å². The van der Waals surface area contributed by atoms with Crippen molar-refractivity contribution in [2.45, 2.75) is 0 Å². The van der Waals surface area contributed by atoms with Crippen molar-refractivity contribution in [3.8, 4) is 0 Å². The third kappa shape index (κ3) is 1.37. The van der Waals surface area contributed by atoms with E-state index in [1.807, 2.05) is 0 Å². The van der Waals surface area contributed by atoms with Crippen LogP contribution < -0.4 is 5.32 Å². The Bertz CT molecular complexity index is 172. The van der Waals surface area contributed by atoms with Crippen LogP contribution >= 0.6 is 0 Å². The summed E-state index contributed by atoms with van der Waals surface area (Å²) in [5.41, 5.74) is 0. The first-order chi connectivity index (χ1) is 4.84. The fraction of sp³-hybridized carbons (Fsp3) is 0.286. The lowest BCUT2D eigenvalue weighted by Gasteiger charge is -2.07. The molecular weight excluding hydrogens is 130 g/mol. The summed E-state index contributed by atoms with van der Waals surface area (Å²) in [6, 6.07) is 0. The average Bonchev–Trinajstić information content (AvgIpc) is 2.05. The number of carbonyl (C=O) groups is 1. The lowest BCUT2D eigenvalue weighted by Crippen LogP contribution is -2.15. The van der Waals surface area contributed by atoms with Crippen LogP contribution in [0.1, 0.15) is 0 Å². The first-order valence-electron chi connectivity index (χ1n) is 3.02. The number of carbonyl (C=O) groups excluding carboxylic acids is 1. The number of ether oxygens (including phenoxy) is 1. The molecule has 0 radical (unpaired) electrons. The molecule has 0 atom stereocenters. The molecule has 3 heteroatoms. The van der Waals surface area contributed by atoms with E-state index in [0.29, 0.717) is 0 Å². The van der Waals surface area contributed by atoms with E-state index in [4.69, 9.17) is 0 Å². The number of dihydropyridines is 1. The van der Waals surface area contributed by atoms with Crippen LogP contribution in [0.2, 0.25) is 0 Å². The minimum Gasteiger partial charge on any atom is -0.468 e. The van der Waals surface area contributed by atoms with E-state index in [1.165, 1.54) is 7.11 Å². The molecule has 0 amide bonds. The molecule has 0 spiro atoms. The molecule has 10 heavy (non-hydrogen) atoms. The Labute approximate surface area is 59.4 Å². The Morgan fingerprint density at radius 2 is 2.10 bits per heavy atom. The fourth-order valence-electron chi connectivity index (χ4n) is 0.731. The molecule has 1 aliphatic rings. The second kappa shape index (κ2) is 3.06. The van der Waals surface area contributed by atoms with Crippen molar-refractivity contribution in [2.75, 3.05) is 7.11 Å². The molecular formula is C7H9NO2. The smallest absolute Gasteiger partial charge is 0.316 e. The molecule has 1 aliphatic heterocycles. The standard InChI is InChI=1S/C7H9NO2/c1-10-7(9)6-2-4-8-5-3-6/h2-6,8H,1H3. The van der Waals surface area contributed by atoms with Crippen LogP contribution in [0.15, 0.2) is 24.6 Å². The second-order valence-electron chi connectivity index (χ2n) is 1.93. The SMILES string of the molecule is COC(=O)C1C=CNC=C1. The molecule has 0 saturated carbocycles. The second-order valence-corrected chi connectivity index (χ2v) is 1.93. The molecule has 0 bridgehead atoms. The van der Waals surface area contributed by atoms with Gasteiger partial charge in [-0.25, -0.2) is 0 Å². The molecule has 0 saturated heterocycles. The van der Waals surface area contributed by atoms with Gasteiger partial charge in [-0.2, -0.15) is 0 Å². The summed E-state index contributed by atoms with van der Waals surface area (Å²) < 4.78 is 4.52. The summed E-state index contributed by atoms with van der Waals surface area (Å²) in [5.74, 6) is -0.444. The van der Waals surface area contributed by atoms with Gasteiger partial charge >= 0.3 is 5.97 Å². The summed E-state index contributed by atoms with van der Waals surface area (Å²) in [4.78, 5) is 10.8. The molecule has 0 aromatic rings. The molecule has 0 aromatic heterocycles. The quantitative estimate of drug-likeness (QED) is 0.534. The topological polar surface area (TPSA) is 38.3 Å². The monoisotopic (exact) mass is 139 g/mol. The first-order valence-corrected chi connectivity index (χ1v) is 3.02. The molecule has 0 aromatic carbocycles. The third-order valence-corrected chi connectivity index (χ3v) is 1.27. The van der Waals surface area contributed by atoms with E-state index in [9.17, 15) is 4.79 Å². The Kier molecular flexibility index (Phi) is 2.10. The molecule has 3 nitrogen and oxygen atoms in total. The predicted octanol–water partition coefficient (Wildman–Crippen LogP) is 0.406. The summed E-state index contributed by atoms with van der Waals surface area (Å²) in [7, 11) is 1.38. The zero-order valence-corrected chi connectivity index (χ0v) is 5.70. The number of esters is 1. The number of nitrogens with one attached hydrogen (secondary N) is 1. The van der Waals surface area contributed by atoms with Gasteiger partial charge in [-0.1, -0.05) is 12.2 Å². The zero-order chi connectivity index (χ0) is 7.40. The van der Waals surface area contributed by atoms with Crippen molar-refractivity contribution in [1.29, 1.82) is 0 Å². The maximum atomic E-state index is 10.8. The van der Waals surface area contributed by atoms with Gasteiger partial charge in [0.2, 0.25) is 0 Å². The van der Waals surface area contributed by atoms with Crippen molar-refractivity contribution in [3.05, 3.63) is 24.6 Å². The summed E-state index contributed by atoms with van der Waals surface area (Å²) in [6.07, 6.45) is 6.90. The van der Waals surface area contributed by atoms with Gasteiger partial charge in [-0.3, -0.25) is 4.79 Å². The highest BCUT2D eigenvalue weighted by Crippen LogP contribution is 2.05. The average molecular weight is 139 g/mol. The molecule has 1 N–H and O–H groups in total. The van der Waals surface area contributed by atoms with Gasteiger partial charge in [0.25, 0.3) is 0 Å². The van der Waals surface area contributed by atoms with Gasteiger partial charge < -0.3 is 10.1 Å². The van der Waals surface area contributed by atoms with Gasteiger partial charge in [0.05, 0.1) is 13.0 Å². The highest BCUT2D eigenvalue weighted by atomic mass is 16.5. The lowest BCUT2D eigenvalue weighted by atomic mass is 10.1. The molecule has 1 heterocycles. The zero-order valence-electron chi connectivity index (χ0n) is 5.70. The van der Waals surface area contributed by atoms with Crippen molar-refractivity contribution in [2.24, 2.45) is 5.92 Å². The van der Waals surface area contributed by atoms with Gasteiger partial charge in [0.1, 0.15) is 0 Å². The van der Waals surface area contributed by atoms with E-state index in [0.717, 1.165) is 0 Å². The van der Waals surface area contributed by atoms with Crippen LogP contribution in [0, 0.1) is 5.92 Å². The Morgan fingerprint density at radius 1 is 1.50 bits per heavy atom. The van der Waals surface area contributed by atoms with Crippen molar-refractivity contribution >= 4 is 5.97 Å². The largest absolute Gasteiger partial charge is 0.468 e. The van der Waals surface area contributed by atoms with Gasteiger partial charge in [-0.15, -0.1) is 0 Å². The minimum absolute atomic E-state index is 0.216. The van der Waals surface area contributed by atoms with Crippen LogP contribution in [-0.2, 0) is 9.53 Å². The summed E-state index contributed by atoms with van der Waals surface area (Å²) in [6.45, 7) is 0. The maximum absolute atomic E-state index is 10.8. The van der Waals surface area contributed by atoms with Crippen LogP contribution in [0.3, 0.4) is 0 Å². The van der Waals surface area contributed by atoms with Gasteiger partial charge in [-0.05, 0) is 12.4 Å². The van der Waals surface area contributed by atoms with E-state index in [1.54, 1.807) is 24.6 Å². The molecule has 0 fully saturated rings. The van der Waals surface area contributed by atoms with E-state index in [2.05, 4.69) is 10.1 Å². The van der Waals surface area contributed by atoms with Crippen LogP contribution in [0.4, 0.5) is 0 Å².